The smallest absolute Gasteiger partial charge is 0.259 e. The van der Waals surface area contributed by atoms with Crippen molar-refractivity contribution in [2.75, 3.05) is 30.3 Å². The Bertz CT molecular complexity index is 757. The number of aromatic nitrogens is 3. The minimum absolute atomic E-state index is 0. The summed E-state index contributed by atoms with van der Waals surface area (Å²) >= 11 is 1.60. The van der Waals surface area contributed by atoms with Gasteiger partial charge in [-0.05, 0) is 19.0 Å². The van der Waals surface area contributed by atoms with E-state index in [-0.39, 0.29) is 24.4 Å². The predicted octanol–water partition coefficient (Wildman–Crippen LogP) is 1.25. The van der Waals surface area contributed by atoms with Crippen LogP contribution in [0.1, 0.15) is 6.42 Å². The van der Waals surface area contributed by atoms with E-state index >= 15 is 0 Å². The van der Waals surface area contributed by atoms with E-state index in [1.54, 1.807) is 18.1 Å². The molecular weight excluding hydrogens is 348 g/mol. The number of thioether (sulfide) groups is 1. The molecule has 0 spiro atoms. The van der Waals surface area contributed by atoms with Crippen LogP contribution in [0.4, 0.5) is 5.82 Å². The summed E-state index contributed by atoms with van der Waals surface area (Å²) < 4.78 is 0. The number of hydrogen-bond donors (Lipinski definition) is 3. The second-order valence-corrected chi connectivity index (χ2v) is 6.77. The molecule has 2 aromatic rings. The van der Waals surface area contributed by atoms with Gasteiger partial charge in [-0.3, -0.25) is 4.79 Å². The average Bonchev–Trinajstić information content (AvgIpc) is 3.25. The zero-order valence-corrected chi connectivity index (χ0v) is 14.6. The first kappa shape index (κ1) is 17.1. The number of amides is 1. The van der Waals surface area contributed by atoms with Crippen LogP contribution >= 0.6 is 24.2 Å². The summed E-state index contributed by atoms with van der Waals surface area (Å²) in [6.07, 6.45) is 6.30. The maximum Gasteiger partial charge on any atom is 0.259 e. The van der Waals surface area contributed by atoms with Crippen LogP contribution in [0.3, 0.4) is 0 Å². The Morgan fingerprint density at radius 2 is 2.33 bits per heavy atom. The second kappa shape index (κ2) is 7.42. The van der Waals surface area contributed by atoms with Gasteiger partial charge in [0.2, 0.25) is 0 Å². The number of nitrogens with one attached hydrogen (secondary N) is 3. The number of aromatic amines is 1. The molecule has 4 rings (SSSR count). The Balaban J connectivity index is 0.00000169. The van der Waals surface area contributed by atoms with Crippen LogP contribution in [0, 0.1) is 0 Å². The molecule has 0 unspecified atom stereocenters. The van der Waals surface area contributed by atoms with Crippen LogP contribution in [0.15, 0.2) is 29.7 Å². The third kappa shape index (κ3) is 3.35. The lowest BCUT2D eigenvalue weighted by Gasteiger charge is -2.26. The Kier molecular flexibility index (Phi) is 5.27. The van der Waals surface area contributed by atoms with Gasteiger partial charge in [0.15, 0.2) is 0 Å². The monoisotopic (exact) mass is 366 g/mol. The van der Waals surface area contributed by atoms with Crippen molar-refractivity contribution in [1.29, 1.82) is 0 Å². The molecule has 1 saturated heterocycles. The van der Waals surface area contributed by atoms with Gasteiger partial charge in [-0.1, -0.05) is 0 Å². The number of rotatable bonds is 3. The van der Waals surface area contributed by atoms with Crippen LogP contribution in [-0.4, -0.2) is 52.3 Å². The molecule has 4 heterocycles. The minimum Gasteiger partial charge on any atom is -0.347 e. The summed E-state index contributed by atoms with van der Waals surface area (Å²) in [5.41, 5.74) is 0.810. The fraction of sp³-hybridized carbons (Fsp3) is 0.400. The third-order valence-corrected chi connectivity index (χ3v) is 5.08. The third-order valence-electron chi connectivity index (χ3n) is 4.09. The van der Waals surface area contributed by atoms with E-state index in [0.29, 0.717) is 0 Å². The molecule has 9 heteroatoms. The molecule has 7 nitrogen and oxygen atoms in total. The van der Waals surface area contributed by atoms with Crippen molar-refractivity contribution in [3.05, 3.63) is 29.7 Å². The van der Waals surface area contributed by atoms with E-state index in [2.05, 4.69) is 25.6 Å². The van der Waals surface area contributed by atoms with Crippen molar-refractivity contribution in [3.8, 4) is 0 Å². The van der Waals surface area contributed by atoms with E-state index in [4.69, 9.17) is 0 Å². The van der Waals surface area contributed by atoms with E-state index in [1.807, 2.05) is 23.4 Å². The summed E-state index contributed by atoms with van der Waals surface area (Å²) in [6.45, 7) is 2.64. The first-order valence-corrected chi connectivity index (χ1v) is 8.71. The van der Waals surface area contributed by atoms with Gasteiger partial charge in [0.1, 0.15) is 17.8 Å². The Labute approximate surface area is 150 Å². The zero-order chi connectivity index (χ0) is 15.6. The second-order valence-electron chi connectivity index (χ2n) is 5.64. The van der Waals surface area contributed by atoms with Crippen LogP contribution < -0.4 is 15.5 Å². The molecule has 0 aliphatic carbocycles. The quantitative estimate of drug-likeness (QED) is 0.758. The molecule has 2 aliphatic rings. The Morgan fingerprint density at radius 1 is 1.42 bits per heavy atom. The molecule has 0 radical (unpaired) electrons. The highest BCUT2D eigenvalue weighted by atomic mass is 35.5. The van der Waals surface area contributed by atoms with Gasteiger partial charge in [0.25, 0.3) is 5.91 Å². The number of halogens is 1. The largest absolute Gasteiger partial charge is 0.347 e. The van der Waals surface area contributed by atoms with Gasteiger partial charge in [0.05, 0.1) is 10.3 Å². The molecule has 24 heavy (non-hydrogen) atoms. The van der Waals surface area contributed by atoms with Gasteiger partial charge >= 0.3 is 0 Å². The standard InChI is InChI=1S/C15H18N6OS.ClH/c22-15(20-10-1-3-16-7-10)12-8-21(5-6-23-12)14-11-2-4-17-13(11)18-9-19-14;/h2,4,8-10,16H,1,3,5-7H2,(H,20,22)(H,17,18,19);1H/t10-;/m0./s1. The predicted molar refractivity (Wildman–Crippen MR) is 98.4 cm³/mol. The van der Waals surface area contributed by atoms with Gasteiger partial charge in [-0.25, -0.2) is 9.97 Å². The van der Waals surface area contributed by atoms with Crippen molar-refractivity contribution in [1.82, 2.24) is 25.6 Å². The van der Waals surface area contributed by atoms with E-state index in [0.717, 1.165) is 53.6 Å². The number of carbonyl (C=O) groups excluding carboxylic acids is 1. The minimum atomic E-state index is 0. The van der Waals surface area contributed by atoms with Gasteiger partial charge < -0.3 is 20.5 Å². The summed E-state index contributed by atoms with van der Waals surface area (Å²) in [5, 5.41) is 7.33. The first-order chi connectivity index (χ1) is 11.3. The molecule has 1 amide bonds. The molecule has 2 aliphatic heterocycles. The van der Waals surface area contributed by atoms with Crippen LogP contribution in [0.25, 0.3) is 11.0 Å². The van der Waals surface area contributed by atoms with Crippen molar-refractivity contribution in [2.24, 2.45) is 0 Å². The maximum absolute atomic E-state index is 12.5. The zero-order valence-electron chi connectivity index (χ0n) is 13.0. The first-order valence-electron chi connectivity index (χ1n) is 7.72. The molecule has 3 N–H and O–H groups in total. The van der Waals surface area contributed by atoms with Crippen molar-refractivity contribution < 1.29 is 4.79 Å². The Hall–Kier alpha value is -1.77. The molecule has 2 aromatic heterocycles. The van der Waals surface area contributed by atoms with Crippen LogP contribution in [0.2, 0.25) is 0 Å². The molecule has 128 valence electrons. The summed E-state index contributed by atoms with van der Waals surface area (Å²) in [6, 6.07) is 2.19. The van der Waals surface area contributed by atoms with Crippen LogP contribution in [-0.2, 0) is 4.79 Å². The average molecular weight is 367 g/mol. The molecule has 1 atom stereocenters. The highest BCUT2D eigenvalue weighted by molar-refractivity contribution is 8.04. The van der Waals surface area contributed by atoms with Crippen molar-refractivity contribution in [3.63, 3.8) is 0 Å². The fourth-order valence-corrected chi connectivity index (χ4v) is 3.81. The van der Waals surface area contributed by atoms with Crippen molar-refractivity contribution >= 4 is 46.9 Å². The number of anilines is 1. The van der Waals surface area contributed by atoms with Crippen molar-refractivity contribution in [2.45, 2.75) is 12.5 Å². The lowest BCUT2D eigenvalue weighted by atomic mass is 10.2. The molecule has 1 fully saturated rings. The van der Waals surface area contributed by atoms with E-state index in [1.165, 1.54) is 0 Å². The molecule has 0 aromatic carbocycles. The van der Waals surface area contributed by atoms with Gasteiger partial charge in [-0.15, -0.1) is 24.2 Å². The lowest BCUT2D eigenvalue weighted by molar-refractivity contribution is -0.117. The van der Waals surface area contributed by atoms with E-state index in [9.17, 15) is 4.79 Å². The topological polar surface area (TPSA) is 85.9 Å². The maximum atomic E-state index is 12.5. The fourth-order valence-electron chi connectivity index (χ4n) is 2.91. The number of carbonyl (C=O) groups is 1. The summed E-state index contributed by atoms with van der Waals surface area (Å²) in [5.74, 6) is 1.70. The Morgan fingerprint density at radius 3 is 3.17 bits per heavy atom. The lowest BCUT2D eigenvalue weighted by Crippen LogP contribution is -2.38. The SMILES string of the molecule is Cl.O=C(N[C@H]1CCNC1)C1=CN(c2ncnc3[nH]ccc23)CCS1. The number of hydrogen-bond acceptors (Lipinski definition) is 6. The summed E-state index contributed by atoms with van der Waals surface area (Å²) in [7, 11) is 0. The number of nitrogens with zero attached hydrogens (tertiary/aromatic N) is 3. The molecular formula is C15H19ClN6OS. The highest BCUT2D eigenvalue weighted by Crippen LogP contribution is 2.29. The molecule has 0 saturated carbocycles. The van der Waals surface area contributed by atoms with E-state index < -0.39 is 0 Å². The molecule has 0 bridgehead atoms. The number of fused-ring (bicyclic) bond motifs is 1. The van der Waals surface area contributed by atoms with Crippen LogP contribution in [0.5, 0.6) is 0 Å². The summed E-state index contributed by atoms with van der Waals surface area (Å²) in [4.78, 5) is 26.9. The highest BCUT2D eigenvalue weighted by Gasteiger charge is 2.23. The van der Waals surface area contributed by atoms with Gasteiger partial charge in [0, 0.05) is 37.3 Å². The van der Waals surface area contributed by atoms with Gasteiger partial charge in [-0.2, -0.15) is 0 Å². The normalized spacial score (nSPS) is 20.6. The number of H-pyrrole nitrogens is 1.